The molecule has 4 aromatic rings. The zero-order chi connectivity index (χ0) is 20.2. The normalized spacial score (nSPS) is 10.7. The highest BCUT2D eigenvalue weighted by Crippen LogP contribution is 2.35. The van der Waals surface area contributed by atoms with Crippen LogP contribution in [0.4, 0.5) is 0 Å². The molecule has 0 saturated heterocycles. The molecular formula is C24H19N3OS. The van der Waals surface area contributed by atoms with Gasteiger partial charge in [0, 0.05) is 21.6 Å². The third-order valence-electron chi connectivity index (χ3n) is 4.61. The summed E-state index contributed by atoms with van der Waals surface area (Å²) in [5, 5.41) is 10.1. The second kappa shape index (κ2) is 8.34. The first-order valence-electron chi connectivity index (χ1n) is 9.21. The van der Waals surface area contributed by atoms with Crippen molar-refractivity contribution in [3.63, 3.8) is 0 Å². The summed E-state index contributed by atoms with van der Waals surface area (Å²) >= 11 is 1.79. The molecule has 0 saturated carbocycles. The van der Waals surface area contributed by atoms with Crippen LogP contribution in [0.2, 0.25) is 0 Å². The average molecular weight is 398 g/mol. The fourth-order valence-corrected chi connectivity index (χ4v) is 4.10. The molecule has 0 N–H and O–H groups in total. The molecule has 0 atom stereocenters. The number of nitrogens with zero attached hydrogens (tertiary/aromatic N) is 3. The highest BCUT2D eigenvalue weighted by Gasteiger charge is 2.14. The van der Waals surface area contributed by atoms with E-state index in [4.69, 9.17) is 10.00 Å². The Morgan fingerprint density at radius 3 is 2.59 bits per heavy atom. The number of aromatic nitrogens is 2. The molecule has 4 rings (SSSR count). The number of ether oxygens (including phenoxy) is 1. The summed E-state index contributed by atoms with van der Waals surface area (Å²) in [7, 11) is 1.61. The third kappa shape index (κ3) is 4.08. The van der Waals surface area contributed by atoms with Crippen molar-refractivity contribution < 1.29 is 4.74 Å². The summed E-state index contributed by atoms with van der Waals surface area (Å²) in [6.45, 7) is 1.89. The minimum Gasteiger partial charge on any atom is -0.496 e. The first kappa shape index (κ1) is 19.0. The highest BCUT2D eigenvalue weighted by molar-refractivity contribution is 7.98. The van der Waals surface area contributed by atoms with Crippen LogP contribution in [0.1, 0.15) is 17.0 Å². The predicted octanol–water partition coefficient (Wildman–Crippen LogP) is 5.78. The van der Waals surface area contributed by atoms with E-state index in [1.165, 1.54) is 5.56 Å². The maximum absolute atomic E-state index is 9.16. The van der Waals surface area contributed by atoms with Crippen molar-refractivity contribution >= 4 is 22.7 Å². The van der Waals surface area contributed by atoms with E-state index in [9.17, 15) is 0 Å². The number of aryl methyl sites for hydroxylation is 1. The lowest BCUT2D eigenvalue weighted by Crippen LogP contribution is -1.97. The molecule has 0 bridgehead atoms. The summed E-state index contributed by atoms with van der Waals surface area (Å²) in [4.78, 5) is 10.5. The fourth-order valence-electron chi connectivity index (χ4n) is 3.22. The Morgan fingerprint density at radius 2 is 1.83 bits per heavy atom. The fraction of sp³-hybridized carbons (Fsp3) is 0.125. The molecule has 0 aliphatic rings. The minimum atomic E-state index is 0.556. The standard InChI is InChI=1S/C24H19N3OS/c1-16-26-22-13-19(29-15-17-6-4-3-5-7-17)9-11-20(22)24(27-16)21-10-8-18(14-25)12-23(21)28-2/h3-13H,15H2,1-2H3. The summed E-state index contributed by atoms with van der Waals surface area (Å²) in [6.07, 6.45) is 0. The number of fused-ring (bicyclic) bond motifs is 1. The van der Waals surface area contributed by atoms with Gasteiger partial charge in [0.25, 0.3) is 0 Å². The average Bonchev–Trinajstić information content (AvgIpc) is 2.77. The van der Waals surface area contributed by atoms with E-state index in [1.807, 2.05) is 19.1 Å². The third-order valence-corrected chi connectivity index (χ3v) is 5.68. The predicted molar refractivity (Wildman–Crippen MR) is 117 cm³/mol. The molecule has 0 spiro atoms. The monoisotopic (exact) mass is 397 g/mol. The second-order valence-corrected chi connectivity index (χ2v) is 7.65. The van der Waals surface area contributed by atoms with Gasteiger partial charge in [0.05, 0.1) is 30.0 Å². The zero-order valence-corrected chi connectivity index (χ0v) is 17.0. The van der Waals surface area contributed by atoms with Gasteiger partial charge in [0.1, 0.15) is 11.6 Å². The molecule has 142 valence electrons. The van der Waals surface area contributed by atoms with E-state index < -0.39 is 0 Å². The van der Waals surface area contributed by atoms with Gasteiger partial charge in [-0.1, -0.05) is 30.3 Å². The van der Waals surface area contributed by atoms with Crippen molar-refractivity contribution in [1.29, 1.82) is 5.26 Å². The molecule has 29 heavy (non-hydrogen) atoms. The summed E-state index contributed by atoms with van der Waals surface area (Å²) in [5.74, 6) is 2.24. The van der Waals surface area contributed by atoms with Gasteiger partial charge in [0.2, 0.25) is 0 Å². The second-order valence-electron chi connectivity index (χ2n) is 6.60. The highest BCUT2D eigenvalue weighted by atomic mass is 32.2. The Kier molecular flexibility index (Phi) is 5.46. The first-order valence-corrected chi connectivity index (χ1v) is 10.2. The number of methoxy groups -OCH3 is 1. The summed E-state index contributed by atoms with van der Waals surface area (Å²) in [6, 6.07) is 24.3. The van der Waals surface area contributed by atoms with E-state index in [1.54, 1.807) is 31.0 Å². The minimum absolute atomic E-state index is 0.556. The van der Waals surface area contributed by atoms with Crippen LogP contribution in [0.3, 0.4) is 0 Å². The van der Waals surface area contributed by atoms with Gasteiger partial charge in [-0.3, -0.25) is 0 Å². The molecular weight excluding hydrogens is 378 g/mol. The molecule has 5 heteroatoms. The quantitative estimate of drug-likeness (QED) is 0.400. The number of benzene rings is 3. The van der Waals surface area contributed by atoms with Gasteiger partial charge in [-0.15, -0.1) is 11.8 Å². The van der Waals surface area contributed by atoms with Crippen molar-refractivity contribution in [2.75, 3.05) is 7.11 Å². The Morgan fingerprint density at radius 1 is 1.00 bits per heavy atom. The maximum atomic E-state index is 9.16. The van der Waals surface area contributed by atoms with Crippen molar-refractivity contribution in [2.24, 2.45) is 0 Å². The smallest absolute Gasteiger partial charge is 0.129 e. The lowest BCUT2D eigenvalue weighted by Gasteiger charge is -2.12. The van der Waals surface area contributed by atoms with Crippen LogP contribution in [0.25, 0.3) is 22.2 Å². The molecule has 0 amide bonds. The number of hydrogen-bond donors (Lipinski definition) is 0. The number of hydrogen-bond acceptors (Lipinski definition) is 5. The van der Waals surface area contributed by atoms with Crippen LogP contribution in [0.5, 0.6) is 5.75 Å². The number of thioether (sulfide) groups is 1. The van der Waals surface area contributed by atoms with Crippen LogP contribution in [0.15, 0.2) is 71.6 Å². The Hall–Kier alpha value is -3.36. The van der Waals surface area contributed by atoms with E-state index in [2.05, 4.69) is 58.5 Å². The maximum Gasteiger partial charge on any atom is 0.129 e. The molecule has 4 nitrogen and oxygen atoms in total. The first-order chi connectivity index (χ1) is 14.2. The molecule has 1 aromatic heterocycles. The lowest BCUT2D eigenvalue weighted by atomic mass is 10.0. The van der Waals surface area contributed by atoms with E-state index >= 15 is 0 Å². The molecule has 0 radical (unpaired) electrons. The van der Waals surface area contributed by atoms with Gasteiger partial charge in [-0.2, -0.15) is 5.26 Å². The van der Waals surface area contributed by atoms with Crippen molar-refractivity contribution in [2.45, 2.75) is 17.6 Å². The van der Waals surface area contributed by atoms with Gasteiger partial charge in [-0.25, -0.2) is 9.97 Å². The van der Waals surface area contributed by atoms with Gasteiger partial charge in [-0.05, 0) is 48.9 Å². The SMILES string of the molecule is COc1cc(C#N)ccc1-c1nc(C)nc2cc(SCc3ccccc3)ccc12. The van der Waals surface area contributed by atoms with E-state index in [-0.39, 0.29) is 0 Å². The van der Waals surface area contributed by atoms with E-state index in [0.29, 0.717) is 17.1 Å². The van der Waals surface area contributed by atoms with E-state index in [0.717, 1.165) is 32.8 Å². The van der Waals surface area contributed by atoms with Crippen LogP contribution in [-0.4, -0.2) is 17.1 Å². The Labute approximate surface area is 174 Å². The molecule has 0 aliphatic heterocycles. The number of rotatable bonds is 5. The van der Waals surface area contributed by atoms with Crippen LogP contribution < -0.4 is 4.74 Å². The lowest BCUT2D eigenvalue weighted by molar-refractivity contribution is 0.416. The van der Waals surface area contributed by atoms with Crippen molar-refractivity contribution in [3.8, 4) is 23.1 Å². The van der Waals surface area contributed by atoms with Crippen LogP contribution in [0, 0.1) is 18.3 Å². The summed E-state index contributed by atoms with van der Waals surface area (Å²) in [5.41, 5.74) is 4.41. The zero-order valence-electron chi connectivity index (χ0n) is 16.2. The molecule has 0 fully saturated rings. The summed E-state index contributed by atoms with van der Waals surface area (Å²) < 4.78 is 5.53. The van der Waals surface area contributed by atoms with Gasteiger partial charge >= 0.3 is 0 Å². The topological polar surface area (TPSA) is 58.8 Å². The molecule has 3 aromatic carbocycles. The molecule has 1 heterocycles. The van der Waals surface area contributed by atoms with Crippen LogP contribution >= 0.6 is 11.8 Å². The van der Waals surface area contributed by atoms with Gasteiger partial charge in [0.15, 0.2) is 0 Å². The Balaban J connectivity index is 1.74. The largest absolute Gasteiger partial charge is 0.496 e. The molecule has 0 unspecified atom stereocenters. The van der Waals surface area contributed by atoms with Crippen molar-refractivity contribution in [1.82, 2.24) is 9.97 Å². The molecule has 0 aliphatic carbocycles. The Bertz CT molecular complexity index is 1220. The number of nitriles is 1. The van der Waals surface area contributed by atoms with Gasteiger partial charge < -0.3 is 4.74 Å². The van der Waals surface area contributed by atoms with Crippen molar-refractivity contribution in [3.05, 3.63) is 83.7 Å². The van der Waals surface area contributed by atoms with Crippen LogP contribution in [-0.2, 0) is 5.75 Å².